The number of amides is 1. The van der Waals surface area contributed by atoms with Gasteiger partial charge >= 0.3 is 5.97 Å². The first kappa shape index (κ1) is 16.5. The van der Waals surface area contributed by atoms with E-state index in [9.17, 15) is 9.59 Å². The van der Waals surface area contributed by atoms with Crippen molar-refractivity contribution in [2.45, 2.75) is 37.8 Å². The van der Waals surface area contributed by atoms with Crippen LogP contribution in [0.3, 0.4) is 0 Å². The van der Waals surface area contributed by atoms with Gasteiger partial charge in [-0.15, -0.1) is 11.3 Å². The van der Waals surface area contributed by atoms with Crippen LogP contribution in [0.1, 0.15) is 36.1 Å². The van der Waals surface area contributed by atoms with Gasteiger partial charge < -0.3 is 15.7 Å². The SMILES string of the molecule is CC(=O)N[C@]1(Cc2cccs2)Nc2ccccc2[C@@H]1CCC(=O)O. The van der Waals surface area contributed by atoms with E-state index in [0.29, 0.717) is 12.8 Å². The Morgan fingerprint density at radius 2 is 2.08 bits per heavy atom. The van der Waals surface area contributed by atoms with E-state index in [-0.39, 0.29) is 18.2 Å². The Hall–Kier alpha value is -2.34. The summed E-state index contributed by atoms with van der Waals surface area (Å²) >= 11 is 1.63. The molecule has 0 spiro atoms. The first-order chi connectivity index (χ1) is 11.5. The van der Waals surface area contributed by atoms with Crippen molar-refractivity contribution >= 4 is 28.9 Å². The Morgan fingerprint density at radius 1 is 1.29 bits per heavy atom. The number of benzene rings is 1. The van der Waals surface area contributed by atoms with Gasteiger partial charge in [-0.05, 0) is 29.5 Å². The molecule has 1 aromatic heterocycles. The number of nitrogens with one attached hydrogen (secondary N) is 2. The van der Waals surface area contributed by atoms with Crippen LogP contribution in [-0.4, -0.2) is 22.6 Å². The van der Waals surface area contributed by atoms with Crippen LogP contribution in [0.25, 0.3) is 0 Å². The van der Waals surface area contributed by atoms with Crippen molar-refractivity contribution in [3.63, 3.8) is 0 Å². The summed E-state index contributed by atoms with van der Waals surface area (Å²) in [5.41, 5.74) is 1.32. The van der Waals surface area contributed by atoms with E-state index >= 15 is 0 Å². The highest BCUT2D eigenvalue weighted by molar-refractivity contribution is 7.09. The lowest BCUT2D eigenvalue weighted by molar-refractivity contribution is -0.137. The Labute approximate surface area is 144 Å². The number of thiophene rings is 1. The van der Waals surface area contributed by atoms with Gasteiger partial charge in [0.05, 0.1) is 0 Å². The normalized spacial score (nSPS) is 21.8. The maximum atomic E-state index is 11.9. The minimum absolute atomic E-state index is 0.0620. The van der Waals surface area contributed by atoms with Crippen LogP contribution in [0.2, 0.25) is 0 Å². The fourth-order valence-corrected chi connectivity index (χ4v) is 4.31. The van der Waals surface area contributed by atoms with Gasteiger partial charge in [0.2, 0.25) is 5.91 Å². The van der Waals surface area contributed by atoms with Gasteiger partial charge in [-0.3, -0.25) is 9.59 Å². The van der Waals surface area contributed by atoms with Gasteiger partial charge in [0, 0.05) is 36.2 Å². The molecule has 2 atom stereocenters. The molecule has 0 fully saturated rings. The van der Waals surface area contributed by atoms with E-state index in [2.05, 4.69) is 10.6 Å². The van der Waals surface area contributed by atoms with Crippen molar-refractivity contribution < 1.29 is 14.7 Å². The van der Waals surface area contributed by atoms with E-state index in [0.717, 1.165) is 16.1 Å². The second-order valence-corrected chi connectivity index (χ2v) is 7.14. The molecular weight excluding hydrogens is 324 g/mol. The van der Waals surface area contributed by atoms with Gasteiger partial charge in [-0.2, -0.15) is 0 Å². The van der Waals surface area contributed by atoms with E-state index in [1.165, 1.54) is 6.92 Å². The molecule has 1 aromatic carbocycles. The lowest BCUT2D eigenvalue weighted by atomic mass is 9.83. The molecule has 3 rings (SSSR count). The number of fused-ring (bicyclic) bond motifs is 1. The van der Waals surface area contributed by atoms with Gasteiger partial charge in [-0.25, -0.2) is 0 Å². The average Bonchev–Trinajstić information content (AvgIpc) is 3.10. The molecule has 0 radical (unpaired) electrons. The lowest BCUT2D eigenvalue weighted by Gasteiger charge is -2.36. The van der Waals surface area contributed by atoms with Gasteiger partial charge in [0.1, 0.15) is 5.66 Å². The van der Waals surface area contributed by atoms with Crippen molar-refractivity contribution in [2.75, 3.05) is 5.32 Å². The molecule has 2 heterocycles. The number of carboxylic acid groups (broad SMARTS) is 1. The fraction of sp³-hybridized carbons (Fsp3) is 0.333. The fourth-order valence-electron chi connectivity index (χ4n) is 3.51. The second kappa shape index (κ2) is 6.65. The zero-order chi connectivity index (χ0) is 17.2. The van der Waals surface area contributed by atoms with Crippen molar-refractivity contribution in [3.8, 4) is 0 Å². The summed E-state index contributed by atoms with van der Waals surface area (Å²) in [5.74, 6) is -1.06. The zero-order valence-electron chi connectivity index (χ0n) is 13.4. The number of aliphatic carboxylic acids is 1. The van der Waals surface area contributed by atoms with Crippen molar-refractivity contribution in [1.29, 1.82) is 0 Å². The Morgan fingerprint density at radius 3 is 2.75 bits per heavy atom. The summed E-state index contributed by atoms with van der Waals surface area (Å²) in [6.45, 7) is 1.50. The average molecular weight is 344 g/mol. The van der Waals surface area contributed by atoms with E-state index in [1.807, 2.05) is 41.8 Å². The van der Waals surface area contributed by atoms with Crippen LogP contribution in [-0.2, 0) is 16.0 Å². The number of hydrogen-bond donors (Lipinski definition) is 3. The summed E-state index contributed by atoms with van der Waals surface area (Å²) in [6.07, 6.45) is 1.14. The molecule has 126 valence electrons. The molecule has 0 aliphatic carbocycles. The first-order valence-corrected chi connectivity index (χ1v) is 8.78. The van der Waals surface area contributed by atoms with Crippen LogP contribution in [0.15, 0.2) is 41.8 Å². The monoisotopic (exact) mass is 344 g/mol. The Bertz CT molecular complexity index is 740. The number of hydrogen-bond acceptors (Lipinski definition) is 4. The second-order valence-electron chi connectivity index (χ2n) is 6.11. The number of para-hydroxylation sites is 1. The van der Waals surface area contributed by atoms with Crippen LogP contribution < -0.4 is 10.6 Å². The van der Waals surface area contributed by atoms with Crippen molar-refractivity contribution in [1.82, 2.24) is 5.32 Å². The number of carbonyl (C=O) groups excluding carboxylic acids is 1. The molecule has 1 amide bonds. The summed E-state index contributed by atoms with van der Waals surface area (Å²) in [7, 11) is 0. The first-order valence-electron chi connectivity index (χ1n) is 7.90. The highest BCUT2D eigenvalue weighted by Crippen LogP contribution is 2.45. The largest absolute Gasteiger partial charge is 0.481 e. The maximum Gasteiger partial charge on any atom is 0.303 e. The molecule has 2 aromatic rings. The molecule has 3 N–H and O–H groups in total. The van der Waals surface area contributed by atoms with E-state index in [1.54, 1.807) is 11.3 Å². The van der Waals surface area contributed by atoms with Gasteiger partial charge in [0.15, 0.2) is 0 Å². The van der Waals surface area contributed by atoms with Crippen LogP contribution >= 0.6 is 11.3 Å². The van der Waals surface area contributed by atoms with Crippen molar-refractivity contribution in [2.24, 2.45) is 0 Å². The molecule has 0 bridgehead atoms. The number of carbonyl (C=O) groups is 2. The topological polar surface area (TPSA) is 78.4 Å². The van der Waals surface area contributed by atoms with E-state index < -0.39 is 11.6 Å². The molecule has 1 aliphatic heterocycles. The third kappa shape index (κ3) is 3.28. The molecule has 24 heavy (non-hydrogen) atoms. The quantitative estimate of drug-likeness (QED) is 0.752. The number of anilines is 1. The predicted molar refractivity (Wildman–Crippen MR) is 94.2 cm³/mol. The van der Waals surface area contributed by atoms with Crippen LogP contribution in [0.5, 0.6) is 0 Å². The van der Waals surface area contributed by atoms with Crippen LogP contribution in [0.4, 0.5) is 5.69 Å². The summed E-state index contributed by atoms with van der Waals surface area (Å²) in [4.78, 5) is 24.2. The molecule has 0 saturated heterocycles. The summed E-state index contributed by atoms with van der Waals surface area (Å²) in [5, 5.41) is 17.7. The third-order valence-electron chi connectivity index (χ3n) is 4.37. The molecule has 6 heteroatoms. The molecule has 1 aliphatic rings. The zero-order valence-corrected chi connectivity index (χ0v) is 14.2. The van der Waals surface area contributed by atoms with Crippen molar-refractivity contribution in [3.05, 3.63) is 52.2 Å². The lowest BCUT2D eigenvalue weighted by Crippen LogP contribution is -2.56. The Balaban J connectivity index is 2.00. The summed E-state index contributed by atoms with van der Waals surface area (Å²) in [6, 6.07) is 11.9. The minimum Gasteiger partial charge on any atom is -0.481 e. The van der Waals surface area contributed by atoms with Gasteiger partial charge in [-0.1, -0.05) is 24.3 Å². The minimum atomic E-state index is -0.827. The molecule has 0 saturated carbocycles. The third-order valence-corrected chi connectivity index (χ3v) is 5.24. The molecule has 5 nitrogen and oxygen atoms in total. The predicted octanol–water partition coefficient (Wildman–Crippen LogP) is 3.20. The van der Waals surface area contributed by atoms with E-state index in [4.69, 9.17) is 5.11 Å². The molecule has 0 unspecified atom stereocenters. The highest BCUT2D eigenvalue weighted by atomic mass is 32.1. The summed E-state index contributed by atoms with van der Waals surface area (Å²) < 4.78 is 0. The van der Waals surface area contributed by atoms with Gasteiger partial charge in [0.25, 0.3) is 0 Å². The standard InChI is InChI=1S/C18H20N2O3S/c1-12(21)19-18(11-13-5-4-10-24-13)15(8-9-17(22)23)14-6-2-3-7-16(14)20-18/h2-7,10,15,20H,8-9,11H2,1H3,(H,19,21)(H,22,23)/t15-,18+/m0/s1. The smallest absolute Gasteiger partial charge is 0.303 e. The number of rotatable bonds is 6. The van der Waals surface area contributed by atoms with Crippen LogP contribution in [0, 0.1) is 0 Å². The highest BCUT2D eigenvalue weighted by Gasteiger charge is 2.46. The number of carboxylic acids is 1. The Kier molecular flexibility index (Phi) is 4.57. The molecular formula is C18H20N2O3S. The maximum absolute atomic E-state index is 11.9.